The predicted octanol–water partition coefficient (Wildman–Crippen LogP) is 2.23. The zero-order valence-electron chi connectivity index (χ0n) is 11.9. The normalized spacial score (nSPS) is 28.1. The number of hydrazone groups is 1. The Balaban J connectivity index is 1.64. The molecule has 6 nitrogen and oxygen atoms in total. The lowest BCUT2D eigenvalue weighted by Gasteiger charge is -2.35. The smallest absolute Gasteiger partial charge is 0.274 e. The zero-order valence-corrected chi connectivity index (χ0v) is 11.9. The Labute approximate surface area is 118 Å². The minimum Gasteiger partial charge on any atom is -0.288 e. The fraction of sp³-hybridized carbons (Fsp3) is 0.714. The van der Waals surface area contributed by atoms with Crippen molar-refractivity contribution in [2.45, 2.75) is 51.9 Å². The van der Waals surface area contributed by atoms with Crippen LogP contribution < -0.4 is 11.0 Å². The first kappa shape index (κ1) is 13.3. The van der Waals surface area contributed by atoms with E-state index in [1.807, 2.05) is 0 Å². The van der Waals surface area contributed by atoms with Gasteiger partial charge in [0.25, 0.3) is 5.56 Å². The number of rotatable bonds is 2. The standard InChI is InChI=1S/C14H21N5O/c1-9-13(20)15-14(18-16-9)19-17-12-7-6-10-4-2-3-5-11(10)8-12/h10-11H,2-8H2,1H3,(H2,15,18,19,20)/b17-12+/t10-,11+/m1/s1. The highest BCUT2D eigenvalue weighted by atomic mass is 16.1. The van der Waals surface area contributed by atoms with E-state index in [-0.39, 0.29) is 5.56 Å². The number of nitrogens with one attached hydrogen (secondary N) is 2. The van der Waals surface area contributed by atoms with Gasteiger partial charge in [0.15, 0.2) is 0 Å². The molecule has 0 amide bonds. The van der Waals surface area contributed by atoms with Crippen molar-refractivity contribution in [1.29, 1.82) is 0 Å². The number of hydrogen-bond acceptors (Lipinski definition) is 5. The molecule has 0 aromatic carbocycles. The largest absolute Gasteiger partial charge is 0.288 e. The third-order valence-corrected chi connectivity index (χ3v) is 4.55. The maximum Gasteiger partial charge on any atom is 0.274 e. The second kappa shape index (κ2) is 5.73. The van der Waals surface area contributed by atoms with E-state index in [0.717, 1.165) is 24.7 Å². The van der Waals surface area contributed by atoms with E-state index >= 15 is 0 Å². The molecule has 2 aliphatic carbocycles. The fourth-order valence-electron chi connectivity index (χ4n) is 3.37. The monoisotopic (exact) mass is 275 g/mol. The quantitative estimate of drug-likeness (QED) is 0.811. The van der Waals surface area contributed by atoms with Crippen molar-refractivity contribution in [3.8, 4) is 0 Å². The molecule has 20 heavy (non-hydrogen) atoms. The van der Waals surface area contributed by atoms with Crippen molar-refractivity contribution in [2.24, 2.45) is 16.9 Å². The molecule has 3 rings (SSSR count). The molecule has 0 saturated heterocycles. The third kappa shape index (κ3) is 2.89. The van der Waals surface area contributed by atoms with Crippen LogP contribution in [0.3, 0.4) is 0 Å². The van der Waals surface area contributed by atoms with Gasteiger partial charge in [-0.1, -0.05) is 19.3 Å². The van der Waals surface area contributed by atoms with Gasteiger partial charge in [0, 0.05) is 5.71 Å². The van der Waals surface area contributed by atoms with Gasteiger partial charge < -0.3 is 0 Å². The lowest BCUT2D eigenvalue weighted by molar-refractivity contribution is 0.218. The molecule has 0 radical (unpaired) electrons. The van der Waals surface area contributed by atoms with E-state index in [1.165, 1.54) is 37.8 Å². The highest BCUT2D eigenvalue weighted by Crippen LogP contribution is 2.39. The molecule has 0 aliphatic heterocycles. The van der Waals surface area contributed by atoms with Gasteiger partial charge in [0.1, 0.15) is 5.69 Å². The molecule has 2 N–H and O–H groups in total. The minimum atomic E-state index is -0.223. The first-order valence-electron chi connectivity index (χ1n) is 7.47. The maximum absolute atomic E-state index is 11.4. The molecule has 2 saturated carbocycles. The molecule has 0 spiro atoms. The van der Waals surface area contributed by atoms with Crippen molar-refractivity contribution < 1.29 is 0 Å². The van der Waals surface area contributed by atoms with Crippen LogP contribution in [0.1, 0.15) is 50.6 Å². The summed E-state index contributed by atoms with van der Waals surface area (Å²) in [6, 6.07) is 0. The van der Waals surface area contributed by atoms with E-state index in [1.54, 1.807) is 6.92 Å². The van der Waals surface area contributed by atoms with Crippen molar-refractivity contribution in [3.05, 3.63) is 16.0 Å². The summed E-state index contributed by atoms with van der Waals surface area (Å²) < 4.78 is 0. The number of H-pyrrole nitrogens is 1. The van der Waals surface area contributed by atoms with Gasteiger partial charge in [0.2, 0.25) is 5.95 Å². The van der Waals surface area contributed by atoms with Crippen LogP contribution in [0.5, 0.6) is 0 Å². The number of fused-ring (bicyclic) bond motifs is 1. The summed E-state index contributed by atoms with van der Waals surface area (Å²) in [5, 5.41) is 12.1. The number of aryl methyl sites for hydroxylation is 1. The highest BCUT2D eigenvalue weighted by Gasteiger charge is 2.30. The van der Waals surface area contributed by atoms with Crippen molar-refractivity contribution >= 4 is 11.7 Å². The van der Waals surface area contributed by atoms with Gasteiger partial charge in [0.05, 0.1) is 0 Å². The summed E-state index contributed by atoms with van der Waals surface area (Å²) in [7, 11) is 0. The topological polar surface area (TPSA) is 83.0 Å². The Morgan fingerprint density at radius 3 is 2.80 bits per heavy atom. The van der Waals surface area contributed by atoms with Crippen LogP contribution in [-0.2, 0) is 0 Å². The number of aromatic nitrogens is 3. The van der Waals surface area contributed by atoms with Crippen molar-refractivity contribution in [1.82, 2.24) is 15.2 Å². The lowest BCUT2D eigenvalue weighted by Crippen LogP contribution is -2.28. The number of anilines is 1. The molecule has 1 heterocycles. The molecule has 6 heteroatoms. The molecule has 108 valence electrons. The molecular formula is C14H21N5O. The van der Waals surface area contributed by atoms with Crippen LogP contribution in [0.2, 0.25) is 0 Å². The van der Waals surface area contributed by atoms with Crippen LogP contribution in [0.25, 0.3) is 0 Å². The molecule has 2 aliphatic rings. The van der Waals surface area contributed by atoms with Crippen LogP contribution in [0.15, 0.2) is 9.90 Å². The summed E-state index contributed by atoms with van der Waals surface area (Å²) in [4.78, 5) is 14.1. The van der Waals surface area contributed by atoms with Crippen molar-refractivity contribution in [3.63, 3.8) is 0 Å². The average Bonchev–Trinajstić information content (AvgIpc) is 2.48. The van der Waals surface area contributed by atoms with Gasteiger partial charge in [-0.3, -0.25) is 9.78 Å². The Morgan fingerprint density at radius 2 is 2.00 bits per heavy atom. The average molecular weight is 275 g/mol. The second-order valence-electron chi connectivity index (χ2n) is 5.93. The summed E-state index contributed by atoms with van der Waals surface area (Å²) in [6.45, 7) is 1.63. The number of hydrogen-bond donors (Lipinski definition) is 2. The number of aromatic amines is 1. The predicted molar refractivity (Wildman–Crippen MR) is 77.7 cm³/mol. The van der Waals surface area contributed by atoms with Gasteiger partial charge in [-0.2, -0.15) is 5.10 Å². The van der Waals surface area contributed by atoms with Crippen LogP contribution >= 0.6 is 0 Å². The van der Waals surface area contributed by atoms with Gasteiger partial charge in [-0.25, -0.2) is 5.43 Å². The second-order valence-corrected chi connectivity index (χ2v) is 5.93. The van der Waals surface area contributed by atoms with E-state index in [9.17, 15) is 4.79 Å². The van der Waals surface area contributed by atoms with E-state index in [4.69, 9.17) is 0 Å². The lowest BCUT2D eigenvalue weighted by atomic mass is 9.70. The van der Waals surface area contributed by atoms with Gasteiger partial charge in [-0.15, -0.1) is 10.2 Å². The maximum atomic E-state index is 11.4. The summed E-state index contributed by atoms with van der Waals surface area (Å²) >= 11 is 0. The van der Waals surface area contributed by atoms with Crippen molar-refractivity contribution in [2.75, 3.05) is 5.43 Å². The molecule has 0 unspecified atom stereocenters. The Hall–Kier alpha value is -1.72. The molecule has 0 bridgehead atoms. The van der Waals surface area contributed by atoms with Gasteiger partial charge >= 0.3 is 0 Å². The zero-order chi connectivity index (χ0) is 13.9. The van der Waals surface area contributed by atoms with Crippen LogP contribution in [-0.4, -0.2) is 20.9 Å². The van der Waals surface area contributed by atoms with Gasteiger partial charge in [-0.05, 0) is 44.4 Å². The van der Waals surface area contributed by atoms with E-state index in [0.29, 0.717) is 11.6 Å². The first-order chi connectivity index (χ1) is 9.72. The molecule has 1 aromatic rings. The summed E-state index contributed by atoms with van der Waals surface area (Å²) in [6.07, 6.45) is 8.87. The molecular weight excluding hydrogens is 254 g/mol. The van der Waals surface area contributed by atoms with Crippen LogP contribution in [0, 0.1) is 18.8 Å². The first-order valence-corrected chi connectivity index (χ1v) is 7.47. The molecule has 1 aromatic heterocycles. The van der Waals surface area contributed by atoms with E-state index < -0.39 is 0 Å². The Morgan fingerprint density at radius 1 is 1.20 bits per heavy atom. The SMILES string of the molecule is Cc1nnc(N/N=C2\CC[C@H]3CCCC[C@H]3C2)[nH]c1=O. The summed E-state index contributed by atoms with van der Waals surface area (Å²) in [5.41, 5.74) is 4.17. The Bertz CT molecular complexity index is 565. The van der Waals surface area contributed by atoms with E-state index in [2.05, 4.69) is 25.7 Å². The molecule has 2 atom stereocenters. The summed E-state index contributed by atoms with van der Waals surface area (Å²) in [5.74, 6) is 2.03. The number of nitrogens with zero attached hydrogens (tertiary/aromatic N) is 3. The fourth-order valence-corrected chi connectivity index (χ4v) is 3.37. The minimum absolute atomic E-state index is 0.223. The third-order valence-electron chi connectivity index (χ3n) is 4.55. The molecule has 2 fully saturated rings. The van der Waals surface area contributed by atoms with Crippen LogP contribution in [0.4, 0.5) is 5.95 Å². The Kier molecular flexibility index (Phi) is 3.80. The highest BCUT2D eigenvalue weighted by molar-refractivity contribution is 5.85.